The largest absolute Gasteiger partial charge is 0.377 e. The molecule has 0 aliphatic carbocycles. The van der Waals surface area contributed by atoms with Gasteiger partial charge in [-0.1, -0.05) is 0 Å². The topological polar surface area (TPSA) is 123 Å². The Hall–Kier alpha value is -3.86. The zero-order chi connectivity index (χ0) is 24.4. The number of carbonyl (C=O) groups is 1. The molecule has 10 nitrogen and oxygen atoms in total. The summed E-state index contributed by atoms with van der Waals surface area (Å²) in [4.78, 5) is 25.4. The van der Waals surface area contributed by atoms with Gasteiger partial charge in [-0.2, -0.15) is 10.1 Å². The van der Waals surface area contributed by atoms with Crippen molar-refractivity contribution in [3.63, 3.8) is 0 Å². The predicted octanol–water partition coefficient (Wildman–Crippen LogP) is 3.49. The molecule has 1 atom stereocenters. The van der Waals surface area contributed by atoms with Gasteiger partial charge in [0.2, 0.25) is 11.9 Å². The van der Waals surface area contributed by atoms with Crippen molar-refractivity contribution in [2.75, 3.05) is 41.4 Å². The average molecular weight is 479 g/mol. The van der Waals surface area contributed by atoms with Gasteiger partial charge in [-0.05, 0) is 38.0 Å². The second-order valence-corrected chi connectivity index (χ2v) is 8.66. The van der Waals surface area contributed by atoms with Crippen LogP contribution in [0.3, 0.4) is 0 Å². The summed E-state index contributed by atoms with van der Waals surface area (Å²) in [7, 11) is 0. The van der Waals surface area contributed by atoms with Gasteiger partial charge in [0.15, 0.2) is 0 Å². The van der Waals surface area contributed by atoms with Crippen LogP contribution >= 0.6 is 0 Å². The normalized spacial score (nSPS) is 18.6. The molecule has 4 heterocycles. The number of nitrogens with zero attached hydrogens (tertiary/aromatic N) is 5. The van der Waals surface area contributed by atoms with E-state index in [9.17, 15) is 4.79 Å². The zero-order valence-corrected chi connectivity index (χ0v) is 19.4. The monoisotopic (exact) mass is 478 g/mol. The quantitative estimate of drug-likeness (QED) is 0.464. The number of hydrogen-bond donors (Lipinski definition) is 3. The fraction of sp³-hybridized carbons (Fsp3) is 0.375. The molecule has 35 heavy (non-hydrogen) atoms. The van der Waals surface area contributed by atoms with E-state index in [1.54, 1.807) is 29.3 Å². The molecule has 1 aromatic carbocycles. The first-order valence-electron chi connectivity index (χ1n) is 11.7. The fourth-order valence-corrected chi connectivity index (χ4v) is 4.44. The van der Waals surface area contributed by atoms with Gasteiger partial charge in [0.25, 0.3) is 0 Å². The highest BCUT2D eigenvalue weighted by molar-refractivity contribution is 5.96. The molecular weight excluding hydrogens is 451 g/mol. The average Bonchev–Trinajstić information content (AvgIpc) is 3.37. The van der Waals surface area contributed by atoms with E-state index in [2.05, 4.69) is 20.5 Å². The van der Waals surface area contributed by atoms with Gasteiger partial charge in [0.05, 0.1) is 36.7 Å². The first kappa shape index (κ1) is 22.9. The lowest BCUT2D eigenvalue weighted by molar-refractivity contribution is -0.119. The molecule has 1 amide bonds. The number of morpholine rings is 1. The van der Waals surface area contributed by atoms with Gasteiger partial charge >= 0.3 is 0 Å². The number of carbonyl (C=O) groups excluding carboxylic acids is 1. The van der Waals surface area contributed by atoms with Crippen molar-refractivity contribution in [2.45, 2.75) is 32.2 Å². The van der Waals surface area contributed by atoms with Crippen LogP contribution in [0.15, 0.2) is 30.5 Å². The predicted molar refractivity (Wildman–Crippen MR) is 131 cm³/mol. The first-order chi connectivity index (χ1) is 17.0. The third-order valence-electron chi connectivity index (χ3n) is 6.30. The molecule has 5 rings (SSSR count). The van der Waals surface area contributed by atoms with Crippen LogP contribution in [0.2, 0.25) is 0 Å². The van der Waals surface area contributed by atoms with Crippen LogP contribution in [-0.4, -0.2) is 64.6 Å². The van der Waals surface area contributed by atoms with Crippen molar-refractivity contribution in [3.05, 3.63) is 41.8 Å². The molecule has 0 spiro atoms. The van der Waals surface area contributed by atoms with Crippen LogP contribution in [0.25, 0.3) is 11.3 Å². The number of amides is 1. The van der Waals surface area contributed by atoms with E-state index in [0.29, 0.717) is 67.3 Å². The molecule has 3 N–H and O–H groups in total. The number of ether oxygens (including phenoxy) is 1. The molecule has 11 heteroatoms. The van der Waals surface area contributed by atoms with Crippen LogP contribution in [0.4, 0.5) is 27.7 Å². The molecule has 2 aliphatic heterocycles. The first-order valence-corrected chi connectivity index (χ1v) is 11.7. The minimum Gasteiger partial charge on any atom is -0.377 e. The van der Waals surface area contributed by atoms with Gasteiger partial charge in [0.1, 0.15) is 17.5 Å². The molecule has 2 aliphatic rings. The van der Waals surface area contributed by atoms with E-state index in [1.165, 1.54) is 6.07 Å². The second kappa shape index (κ2) is 9.79. The van der Waals surface area contributed by atoms with E-state index >= 15 is 4.39 Å². The summed E-state index contributed by atoms with van der Waals surface area (Å²) < 4.78 is 21.1. The Bertz CT molecular complexity index is 1230. The summed E-state index contributed by atoms with van der Waals surface area (Å²) in [5.41, 5.74) is 1.39. The zero-order valence-electron chi connectivity index (χ0n) is 19.4. The Morgan fingerprint density at radius 3 is 2.86 bits per heavy atom. The number of anilines is 4. The molecule has 2 saturated heterocycles. The minimum atomic E-state index is -0.517. The van der Waals surface area contributed by atoms with Crippen LogP contribution in [0, 0.1) is 11.2 Å². The summed E-state index contributed by atoms with van der Waals surface area (Å²) in [6.45, 7) is 4.24. The van der Waals surface area contributed by atoms with Crippen molar-refractivity contribution in [3.8, 4) is 11.3 Å². The minimum absolute atomic E-state index is 0.000233. The van der Waals surface area contributed by atoms with Crippen molar-refractivity contribution < 1.29 is 13.9 Å². The molecule has 182 valence electrons. The fourth-order valence-electron chi connectivity index (χ4n) is 4.44. The lowest BCUT2D eigenvalue weighted by Gasteiger charge is -2.34. The summed E-state index contributed by atoms with van der Waals surface area (Å²) in [6, 6.07) is 6.48. The Labute approximate surface area is 202 Å². The second-order valence-electron chi connectivity index (χ2n) is 8.66. The SMILES string of the molecule is C[C@@H]1COCCN1c1nc(Nc2ccn[nH]2)c(C=N)c(-c2ccc(N3CCCCC3=O)cc2F)n1. The summed E-state index contributed by atoms with van der Waals surface area (Å²) in [5, 5.41) is 18.0. The third kappa shape index (κ3) is 4.59. The van der Waals surface area contributed by atoms with E-state index in [4.69, 9.17) is 15.1 Å². The molecule has 0 saturated carbocycles. The van der Waals surface area contributed by atoms with Gasteiger partial charge in [-0.15, -0.1) is 0 Å². The van der Waals surface area contributed by atoms with Crippen molar-refractivity contribution in [2.24, 2.45) is 0 Å². The number of benzene rings is 1. The maximum atomic E-state index is 15.6. The molecule has 2 fully saturated rings. The van der Waals surface area contributed by atoms with Gasteiger partial charge in [-0.3, -0.25) is 9.89 Å². The van der Waals surface area contributed by atoms with E-state index in [1.807, 2.05) is 11.8 Å². The highest BCUT2D eigenvalue weighted by Gasteiger charge is 2.26. The smallest absolute Gasteiger partial charge is 0.228 e. The molecular formula is C24H27FN8O2. The number of piperidine rings is 1. The molecule has 2 aromatic heterocycles. The van der Waals surface area contributed by atoms with Gasteiger partial charge in [0, 0.05) is 43.0 Å². The lowest BCUT2D eigenvalue weighted by atomic mass is 10.0. The van der Waals surface area contributed by atoms with Crippen molar-refractivity contribution in [1.29, 1.82) is 5.41 Å². The Morgan fingerprint density at radius 1 is 1.26 bits per heavy atom. The lowest BCUT2D eigenvalue weighted by Crippen LogP contribution is -2.44. The Balaban J connectivity index is 1.60. The molecule has 0 radical (unpaired) electrons. The van der Waals surface area contributed by atoms with E-state index < -0.39 is 5.82 Å². The van der Waals surface area contributed by atoms with Crippen LogP contribution < -0.4 is 15.1 Å². The number of nitrogens with one attached hydrogen (secondary N) is 3. The molecule has 0 bridgehead atoms. The third-order valence-corrected chi connectivity index (χ3v) is 6.30. The van der Waals surface area contributed by atoms with E-state index in [0.717, 1.165) is 19.1 Å². The summed E-state index contributed by atoms with van der Waals surface area (Å²) in [5.74, 6) is 0.838. The van der Waals surface area contributed by atoms with E-state index in [-0.39, 0.29) is 17.5 Å². The highest BCUT2D eigenvalue weighted by Crippen LogP contribution is 2.34. The number of aromatic nitrogens is 4. The maximum absolute atomic E-state index is 15.6. The van der Waals surface area contributed by atoms with Crippen LogP contribution in [0.1, 0.15) is 31.7 Å². The summed E-state index contributed by atoms with van der Waals surface area (Å²) >= 11 is 0. The Morgan fingerprint density at radius 2 is 2.14 bits per heavy atom. The molecule has 0 unspecified atom stereocenters. The number of aromatic amines is 1. The highest BCUT2D eigenvalue weighted by atomic mass is 19.1. The number of rotatable bonds is 6. The van der Waals surface area contributed by atoms with Crippen molar-refractivity contribution in [1.82, 2.24) is 20.2 Å². The van der Waals surface area contributed by atoms with Crippen LogP contribution in [0.5, 0.6) is 0 Å². The summed E-state index contributed by atoms with van der Waals surface area (Å²) in [6.07, 6.45) is 4.93. The number of halogens is 1. The van der Waals surface area contributed by atoms with Gasteiger partial charge < -0.3 is 25.3 Å². The standard InChI is InChI=1S/C24H27FN8O2/c1-15-14-35-11-10-32(15)24-29-22(18(13-26)23(30-24)28-20-7-8-27-31-20)17-6-5-16(12-19(17)25)33-9-3-2-4-21(33)34/h5-8,12-13,15,26H,2-4,9-11,14H2,1H3,(H2,27,28,29,30,31)/t15-/m1/s1. The maximum Gasteiger partial charge on any atom is 0.228 e. The number of H-pyrrole nitrogens is 1. The van der Waals surface area contributed by atoms with Crippen LogP contribution in [-0.2, 0) is 9.53 Å². The number of hydrogen-bond acceptors (Lipinski definition) is 8. The Kier molecular flexibility index (Phi) is 6.41. The molecule has 3 aromatic rings. The van der Waals surface area contributed by atoms with Gasteiger partial charge in [-0.25, -0.2) is 9.37 Å². The van der Waals surface area contributed by atoms with Crippen molar-refractivity contribution >= 4 is 35.4 Å².